The minimum absolute atomic E-state index is 0. The summed E-state index contributed by atoms with van der Waals surface area (Å²) in [5, 5.41) is 3.14. The van der Waals surface area contributed by atoms with E-state index in [4.69, 9.17) is 5.73 Å². The Morgan fingerprint density at radius 2 is 1.68 bits per heavy atom. The van der Waals surface area contributed by atoms with E-state index >= 15 is 0 Å². The Morgan fingerprint density at radius 1 is 1.16 bits per heavy atom. The number of benzene rings is 1. The van der Waals surface area contributed by atoms with Crippen LogP contribution in [0.3, 0.4) is 0 Å². The van der Waals surface area contributed by atoms with Crippen molar-refractivity contribution in [3.05, 3.63) is 35.4 Å². The van der Waals surface area contributed by atoms with Crippen LogP contribution in [0.1, 0.15) is 36.8 Å². The van der Waals surface area contributed by atoms with Crippen LogP contribution in [-0.4, -0.2) is 17.5 Å². The fraction of sp³-hybridized carbons (Fsp3) is 0.533. The van der Waals surface area contributed by atoms with E-state index in [1.165, 1.54) is 11.1 Å². The van der Waals surface area contributed by atoms with Crippen LogP contribution in [0.5, 0.6) is 0 Å². The number of nitrogens with two attached hydrogens (primary N) is 1. The molecule has 1 amide bonds. The highest BCUT2D eigenvalue weighted by Gasteiger charge is 2.38. The molecule has 1 aromatic carbocycles. The molecule has 19 heavy (non-hydrogen) atoms. The third-order valence-corrected chi connectivity index (χ3v) is 4.33. The van der Waals surface area contributed by atoms with Gasteiger partial charge in [-0.3, -0.25) is 4.79 Å². The molecule has 4 heteroatoms. The highest BCUT2D eigenvalue weighted by atomic mass is 35.5. The molecule has 2 aliphatic carbocycles. The molecule has 0 atom stereocenters. The Balaban J connectivity index is 0.00000133. The first kappa shape index (κ1) is 14.4. The molecule has 0 unspecified atom stereocenters. The normalized spacial score (nSPS) is 20.7. The van der Waals surface area contributed by atoms with Gasteiger partial charge in [-0.25, -0.2) is 0 Å². The van der Waals surface area contributed by atoms with E-state index < -0.39 is 5.54 Å². The molecule has 1 aromatic rings. The molecule has 0 bridgehead atoms. The van der Waals surface area contributed by atoms with Crippen LogP contribution in [0.2, 0.25) is 0 Å². The largest absolute Gasteiger partial charge is 0.351 e. The van der Waals surface area contributed by atoms with Crippen molar-refractivity contribution in [1.82, 2.24) is 5.32 Å². The molecular weight excluding hydrogens is 260 g/mol. The second-order valence-corrected chi connectivity index (χ2v) is 5.71. The van der Waals surface area contributed by atoms with Gasteiger partial charge in [-0.05, 0) is 36.8 Å². The van der Waals surface area contributed by atoms with Crippen LogP contribution >= 0.6 is 12.4 Å². The van der Waals surface area contributed by atoms with Gasteiger partial charge in [-0.15, -0.1) is 12.4 Å². The van der Waals surface area contributed by atoms with Gasteiger partial charge in [-0.1, -0.05) is 37.1 Å². The Kier molecular flexibility index (Phi) is 4.16. The Morgan fingerprint density at radius 3 is 2.21 bits per heavy atom. The van der Waals surface area contributed by atoms with E-state index in [9.17, 15) is 4.79 Å². The minimum Gasteiger partial charge on any atom is -0.351 e. The van der Waals surface area contributed by atoms with Crippen molar-refractivity contribution in [3.8, 4) is 0 Å². The summed E-state index contributed by atoms with van der Waals surface area (Å²) in [4.78, 5) is 12.2. The third-order valence-electron chi connectivity index (χ3n) is 4.33. The number of nitrogens with one attached hydrogen (secondary N) is 1. The predicted molar refractivity (Wildman–Crippen MR) is 78.4 cm³/mol. The van der Waals surface area contributed by atoms with Crippen LogP contribution < -0.4 is 11.1 Å². The molecule has 1 saturated carbocycles. The molecule has 3 rings (SSSR count). The molecule has 104 valence electrons. The highest BCUT2D eigenvalue weighted by molar-refractivity contribution is 5.86. The lowest BCUT2D eigenvalue weighted by molar-refractivity contribution is -0.126. The van der Waals surface area contributed by atoms with Crippen LogP contribution in [0.4, 0.5) is 0 Å². The lowest BCUT2D eigenvalue weighted by Crippen LogP contribution is -2.54. The standard InChI is InChI=1S/C15H20N2O.ClH/c16-15(7-3-4-8-15)14(18)17-13-9-11-5-1-2-6-12(11)10-13;/h1-2,5-6,13H,3-4,7-10,16H2,(H,17,18);1H. The summed E-state index contributed by atoms with van der Waals surface area (Å²) < 4.78 is 0. The van der Waals surface area contributed by atoms with Crippen molar-refractivity contribution in [3.63, 3.8) is 0 Å². The fourth-order valence-corrected chi connectivity index (χ4v) is 3.22. The van der Waals surface area contributed by atoms with Gasteiger partial charge in [0.2, 0.25) is 5.91 Å². The van der Waals surface area contributed by atoms with Crippen LogP contribution in [0.15, 0.2) is 24.3 Å². The first-order valence-corrected chi connectivity index (χ1v) is 6.84. The second-order valence-electron chi connectivity index (χ2n) is 5.71. The number of hydrogen-bond donors (Lipinski definition) is 2. The van der Waals surface area contributed by atoms with Crippen molar-refractivity contribution in [2.24, 2.45) is 5.73 Å². The van der Waals surface area contributed by atoms with Crippen molar-refractivity contribution in [2.75, 3.05) is 0 Å². The monoisotopic (exact) mass is 280 g/mol. The van der Waals surface area contributed by atoms with Crippen LogP contribution in [0, 0.1) is 0 Å². The first-order valence-electron chi connectivity index (χ1n) is 6.84. The first-order chi connectivity index (χ1) is 8.67. The molecule has 0 saturated heterocycles. The van der Waals surface area contributed by atoms with Crippen molar-refractivity contribution < 1.29 is 4.79 Å². The van der Waals surface area contributed by atoms with Crippen LogP contribution in [-0.2, 0) is 17.6 Å². The number of amides is 1. The van der Waals surface area contributed by atoms with Gasteiger partial charge in [0.05, 0.1) is 5.54 Å². The van der Waals surface area contributed by atoms with E-state index in [1.54, 1.807) is 0 Å². The zero-order valence-electron chi connectivity index (χ0n) is 11.0. The summed E-state index contributed by atoms with van der Waals surface area (Å²) in [5.41, 5.74) is 8.29. The summed E-state index contributed by atoms with van der Waals surface area (Å²) in [7, 11) is 0. The van der Waals surface area contributed by atoms with Gasteiger partial charge < -0.3 is 11.1 Å². The van der Waals surface area contributed by atoms with Gasteiger partial charge in [0, 0.05) is 6.04 Å². The highest BCUT2D eigenvalue weighted by Crippen LogP contribution is 2.28. The summed E-state index contributed by atoms with van der Waals surface area (Å²) in [6.45, 7) is 0. The van der Waals surface area contributed by atoms with Crippen molar-refractivity contribution in [2.45, 2.75) is 50.1 Å². The fourth-order valence-electron chi connectivity index (χ4n) is 3.22. The zero-order valence-corrected chi connectivity index (χ0v) is 11.8. The number of carbonyl (C=O) groups is 1. The number of hydrogen-bond acceptors (Lipinski definition) is 2. The SMILES string of the molecule is Cl.NC1(C(=O)NC2Cc3ccccc3C2)CCCC1. The van der Waals surface area contributed by atoms with Gasteiger partial charge in [0.1, 0.15) is 0 Å². The molecule has 3 N–H and O–H groups in total. The van der Waals surface area contributed by atoms with Gasteiger partial charge in [0.15, 0.2) is 0 Å². The van der Waals surface area contributed by atoms with E-state index in [1.807, 2.05) is 0 Å². The summed E-state index contributed by atoms with van der Waals surface area (Å²) in [6.07, 6.45) is 5.70. The molecule has 2 aliphatic rings. The van der Waals surface area contributed by atoms with Crippen molar-refractivity contribution >= 4 is 18.3 Å². The Bertz CT molecular complexity index is 444. The molecule has 3 nitrogen and oxygen atoms in total. The van der Waals surface area contributed by atoms with E-state index in [0.717, 1.165) is 38.5 Å². The summed E-state index contributed by atoms with van der Waals surface area (Å²) >= 11 is 0. The number of carbonyl (C=O) groups excluding carboxylic acids is 1. The number of rotatable bonds is 2. The van der Waals surface area contributed by atoms with Crippen LogP contribution in [0.25, 0.3) is 0 Å². The predicted octanol–water partition coefficient (Wildman–Crippen LogP) is 1.96. The number of halogens is 1. The molecule has 1 fully saturated rings. The lowest BCUT2D eigenvalue weighted by Gasteiger charge is -2.24. The smallest absolute Gasteiger partial charge is 0.240 e. The number of fused-ring (bicyclic) bond motifs is 1. The van der Waals surface area contributed by atoms with Gasteiger partial charge in [-0.2, -0.15) is 0 Å². The second kappa shape index (κ2) is 5.51. The average molecular weight is 281 g/mol. The summed E-state index contributed by atoms with van der Waals surface area (Å²) in [6, 6.07) is 8.65. The van der Waals surface area contributed by atoms with Crippen molar-refractivity contribution in [1.29, 1.82) is 0 Å². The molecule has 0 radical (unpaired) electrons. The van der Waals surface area contributed by atoms with E-state index in [2.05, 4.69) is 29.6 Å². The summed E-state index contributed by atoms with van der Waals surface area (Å²) in [5.74, 6) is 0.0535. The topological polar surface area (TPSA) is 55.1 Å². The Hall–Kier alpha value is -1.06. The van der Waals surface area contributed by atoms with Gasteiger partial charge in [0.25, 0.3) is 0 Å². The quantitative estimate of drug-likeness (QED) is 0.870. The maximum absolute atomic E-state index is 12.2. The maximum Gasteiger partial charge on any atom is 0.240 e. The van der Waals surface area contributed by atoms with E-state index in [0.29, 0.717) is 0 Å². The lowest BCUT2D eigenvalue weighted by atomic mass is 9.97. The maximum atomic E-state index is 12.2. The molecule has 0 aromatic heterocycles. The third kappa shape index (κ3) is 2.77. The Labute approximate surface area is 120 Å². The zero-order chi connectivity index (χ0) is 12.6. The van der Waals surface area contributed by atoms with Gasteiger partial charge >= 0.3 is 0 Å². The van der Waals surface area contributed by atoms with E-state index in [-0.39, 0.29) is 24.4 Å². The molecule has 0 spiro atoms. The minimum atomic E-state index is -0.602. The molecule has 0 aliphatic heterocycles. The molecule has 0 heterocycles. The average Bonchev–Trinajstić information content (AvgIpc) is 2.95. The molecular formula is C15H21ClN2O.